The van der Waals surface area contributed by atoms with Crippen molar-refractivity contribution >= 4 is 5.78 Å². The second-order valence-corrected chi connectivity index (χ2v) is 2.38. The molecule has 0 aliphatic carbocycles. The molecule has 0 saturated heterocycles. The Labute approximate surface area is 81.0 Å². The van der Waals surface area contributed by atoms with Gasteiger partial charge in [-0.05, 0) is 13.3 Å². The Kier molecular flexibility index (Phi) is 9.73. The Balaban J connectivity index is 0. The molecule has 0 heterocycles. The van der Waals surface area contributed by atoms with E-state index in [4.69, 9.17) is 5.11 Å². The maximum absolute atomic E-state index is 10.4. The molecule has 1 radical (unpaired) electrons. The van der Waals surface area contributed by atoms with E-state index in [1.807, 2.05) is 0 Å². The van der Waals surface area contributed by atoms with E-state index in [2.05, 4.69) is 6.92 Å². The Morgan fingerprint density at radius 3 is 2.45 bits per heavy atom. The van der Waals surface area contributed by atoms with Crippen molar-refractivity contribution in [1.82, 2.24) is 0 Å². The molecule has 0 saturated carbocycles. The second-order valence-electron chi connectivity index (χ2n) is 2.38. The van der Waals surface area contributed by atoms with Gasteiger partial charge < -0.3 is 5.11 Å². The predicted octanol–water partition coefficient (Wildman–Crippen LogP) is 1.37. The Morgan fingerprint density at radius 2 is 2.09 bits per heavy atom. The molecule has 0 aromatic heterocycles. The molecule has 2 nitrogen and oxygen atoms in total. The number of carbonyl (C=O) groups is 1. The average Bonchev–Trinajstić information content (AvgIpc) is 1.82. The summed E-state index contributed by atoms with van der Waals surface area (Å²) < 4.78 is 0. The summed E-state index contributed by atoms with van der Waals surface area (Å²) in [6, 6.07) is 0. The molecular formula is C8H15IrO2+. The van der Waals surface area contributed by atoms with Gasteiger partial charge in [-0.15, -0.1) is 0 Å². The average molecular weight is 335 g/mol. The Bertz CT molecular complexity index is 141. The molecule has 0 aromatic rings. The van der Waals surface area contributed by atoms with Crippen LogP contribution in [0.15, 0.2) is 11.8 Å². The number of rotatable bonds is 4. The van der Waals surface area contributed by atoms with E-state index >= 15 is 0 Å². The molecule has 0 rings (SSSR count). The fraction of sp³-hybridized carbons (Fsp3) is 0.625. The first-order chi connectivity index (χ1) is 4.66. The summed E-state index contributed by atoms with van der Waals surface area (Å²) in [5.41, 5.74) is 0. The van der Waals surface area contributed by atoms with Crippen LogP contribution in [0.25, 0.3) is 0 Å². The Hall–Kier alpha value is -0.141. The standard InChI is InChI=1S/C8H14O2.Ir/c1-3-4-5-8(10)6-7(2)9;/h6,10H,3-5H2,1-2H3;/p+1/b8-6-;. The van der Waals surface area contributed by atoms with Crippen molar-refractivity contribution in [3.63, 3.8) is 0 Å². The summed E-state index contributed by atoms with van der Waals surface area (Å²) in [5, 5.41) is 7.25. The molecule has 2 N–H and O–H groups in total. The quantitative estimate of drug-likeness (QED) is 0.435. The molecule has 0 aliphatic heterocycles. The molecule has 0 aromatic carbocycles. The van der Waals surface area contributed by atoms with Crippen LogP contribution in [0.1, 0.15) is 33.1 Å². The van der Waals surface area contributed by atoms with Gasteiger partial charge in [-0.2, -0.15) is 0 Å². The van der Waals surface area contributed by atoms with Crippen molar-refractivity contribution in [2.45, 2.75) is 33.1 Å². The normalized spacial score (nSPS) is 10.5. The van der Waals surface area contributed by atoms with E-state index in [1.165, 1.54) is 13.0 Å². The van der Waals surface area contributed by atoms with Crippen molar-refractivity contribution in [3.05, 3.63) is 11.8 Å². The van der Waals surface area contributed by atoms with Crippen molar-refractivity contribution < 1.29 is 30.0 Å². The van der Waals surface area contributed by atoms with Gasteiger partial charge >= 0.3 is 0 Å². The van der Waals surface area contributed by atoms with Crippen molar-refractivity contribution in [1.29, 1.82) is 0 Å². The van der Waals surface area contributed by atoms with E-state index in [0.717, 1.165) is 19.3 Å². The summed E-state index contributed by atoms with van der Waals surface area (Å²) in [4.78, 5) is 10.4. The van der Waals surface area contributed by atoms with E-state index in [-0.39, 0.29) is 25.9 Å². The SMILES string of the molecule is CCCC/C([OH2+])=C/C(C)=O.[Ir]. The molecule has 0 spiro atoms. The minimum atomic E-state index is -0.0268. The van der Waals surface area contributed by atoms with E-state index < -0.39 is 0 Å². The first kappa shape index (κ1) is 13.4. The molecule has 0 unspecified atom stereocenters. The van der Waals surface area contributed by atoms with Crippen LogP contribution < -0.4 is 0 Å². The van der Waals surface area contributed by atoms with Crippen LogP contribution >= 0.6 is 0 Å². The van der Waals surface area contributed by atoms with Gasteiger partial charge in [0.15, 0.2) is 5.78 Å². The maximum Gasteiger partial charge on any atom is 0.232 e. The van der Waals surface area contributed by atoms with E-state index in [0.29, 0.717) is 5.76 Å². The summed E-state index contributed by atoms with van der Waals surface area (Å²) in [7, 11) is 0. The van der Waals surface area contributed by atoms with E-state index in [1.54, 1.807) is 0 Å². The molecule has 11 heavy (non-hydrogen) atoms. The monoisotopic (exact) mass is 336 g/mol. The van der Waals surface area contributed by atoms with Crippen LogP contribution in [0.5, 0.6) is 0 Å². The van der Waals surface area contributed by atoms with Gasteiger partial charge in [0.1, 0.15) is 0 Å². The first-order valence-electron chi connectivity index (χ1n) is 3.59. The van der Waals surface area contributed by atoms with Crippen LogP contribution in [0.2, 0.25) is 0 Å². The molecule has 0 atom stereocenters. The number of hydrogen-bond donors (Lipinski definition) is 0. The van der Waals surface area contributed by atoms with Crippen LogP contribution in [0.4, 0.5) is 0 Å². The largest absolute Gasteiger partial charge is 0.596 e. The number of carbonyl (C=O) groups excluding carboxylic acids is 1. The van der Waals surface area contributed by atoms with Gasteiger partial charge in [0.05, 0.1) is 12.5 Å². The minimum Gasteiger partial charge on any atom is -0.596 e. The van der Waals surface area contributed by atoms with Gasteiger partial charge in [-0.3, -0.25) is 4.79 Å². The van der Waals surface area contributed by atoms with Crippen molar-refractivity contribution in [2.75, 3.05) is 0 Å². The molecule has 3 heteroatoms. The molecule has 0 bridgehead atoms. The number of unbranched alkanes of at least 4 members (excludes halogenated alkanes) is 1. The Morgan fingerprint density at radius 1 is 1.55 bits per heavy atom. The third kappa shape index (κ3) is 9.86. The zero-order valence-electron chi connectivity index (χ0n) is 6.94. The summed E-state index contributed by atoms with van der Waals surface area (Å²) in [6.45, 7) is 3.54. The maximum atomic E-state index is 10.4. The predicted molar refractivity (Wildman–Crippen MR) is 41.9 cm³/mol. The smallest absolute Gasteiger partial charge is 0.232 e. The number of hydrogen-bond acceptors (Lipinski definition) is 1. The third-order valence-electron chi connectivity index (χ3n) is 1.18. The molecule has 67 valence electrons. The zero-order chi connectivity index (χ0) is 7.98. The molecule has 0 amide bonds. The van der Waals surface area contributed by atoms with Gasteiger partial charge in [0.25, 0.3) is 0 Å². The van der Waals surface area contributed by atoms with Crippen LogP contribution in [0, 0.1) is 0 Å². The van der Waals surface area contributed by atoms with Crippen molar-refractivity contribution in [3.8, 4) is 0 Å². The van der Waals surface area contributed by atoms with Crippen molar-refractivity contribution in [2.24, 2.45) is 0 Å². The zero-order valence-corrected chi connectivity index (χ0v) is 9.34. The van der Waals surface area contributed by atoms with Gasteiger partial charge in [0.2, 0.25) is 5.76 Å². The second kappa shape index (κ2) is 7.96. The summed E-state index contributed by atoms with van der Waals surface area (Å²) >= 11 is 0. The molecular weight excluding hydrogens is 320 g/mol. The fourth-order valence-electron chi connectivity index (χ4n) is 0.685. The van der Waals surface area contributed by atoms with Gasteiger partial charge in [-0.1, -0.05) is 13.3 Å². The van der Waals surface area contributed by atoms with E-state index in [9.17, 15) is 4.79 Å². The number of ketones is 1. The topological polar surface area (TPSA) is 40.0 Å². The number of allylic oxidation sites excluding steroid dienone is 2. The molecule has 0 aliphatic rings. The molecule has 0 fully saturated rings. The third-order valence-corrected chi connectivity index (χ3v) is 1.18. The minimum absolute atomic E-state index is 0. The van der Waals surface area contributed by atoms with Crippen LogP contribution in [-0.2, 0) is 24.9 Å². The van der Waals surface area contributed by atoms with Crippen LogP contribution in [0.3, 0.4) is 0 Å². The van der Waals surface area contributed by atoms with Gasteiger partial charge in [-0.25, -0.2) is 0 Å². The first-order valence-corrected chi connectivity index (χ1v) is 3.59. The fourth-order valence-corrected chi connectivity index (χ4v) is 0.685. The van der Waals surface area contributed by atoms with Crippen LogP contribution in [-0.4, -0.2) is 10.9 Å². The van der Waals surface area contributed by atoms with Gasteiger partial charge in [0, 0.05) is 20.1 Å². The summed E-state index contributed by atoms with van der Waals surface area (Å²) in [6.07, 6.45) is 4.20. The summed E-state index contributed by atoms with van der Waals surface area (Å²) in [5.74, 6) is 0.426.